The topological polar surface area (TPSA) is 58.9 Å². The summed E-state index contributed by atoms with van der Waals surface area (Å²) in [5, 5.41) is 12.4. The molecule has 1 aromatic rings. The van der Waals surface area contributed by atoms with Crippen molar-refractivity contribution in [3.05, 3.63) is 58.7 Å². The van der Waals surface area contributed by atoms with Crippen LogP contribution in [0.25, 0.3) is 0 Å². The minimum absolute atomic E-state index is 0.326. The van der Waals surface area contributed by atoms with Crippen molar-refractivity contribution in [1.82, 2.24) is 0 Å². The Morgan fingerprint density at radius 2 is 2.08 bits per heavy atom. The average molecular weight is 323 g/mol. The highest BCUT2D eigenvalue weighted by Gasteiger charge is 2.13. The summed E-state index contributed by atoms with van der Waals surface area (Å²) in [4.78, 5) is 11.6. The lowest BCUT2D eigenvalue weighted by molar-refractivity contribution is 0.0526. The highest BCUT2D eigenvalue weighted by atomic mass is 16.5. The van der Waals surface area contributed by atoms with Crippen LogP contribution in [-0.2, 0) is 4.74 Å². The van der Waals surface area contributed by atoms with Gasteiger partial charge in [-0.05, 0) is 75.1 Å². The molecule has 1 aliphatic carbocycles. The van der Waals surface area contributed by atoms with E-state index in [1.54, 1.807) is 37.3 Å². The zero-order chi connectivity index (χ0) is 17.4. The number of oxime groups is 1. The maximum absolute atomic E-state index is 11.6. The summed E-state index contributed by atoms with van der Waals surface area (Å²) in [5.41, 5.74) is 4.24. The molecule has 0 unspecified atom stereocenters. The Balaban J connectivity index is 2.06. The highest BCUT2D eigenvalue weighted by molar-refractivity contribution is 6.03. The molecule has 4 heteroatoms. The van der Waals surface area contributed by atoms with E-state index in [0.717, 1.165) is 36.1 Å². The minimum atomic E-state index is -0.326. The van der Waals surface area contributed by atoms with E-state index in [-0.39, 0.29) is 5.97 Å². The molecule has 0 atom stereocenters. The lowest BCUT2D eigenvalue weighted by Gasteiger charge is -2.15. The number of ether oxygens (including phenoxy) is 1. The first-order chi connectivity index (χ1) is 11.7. The summed E-state index contributed by atoms with van der Waals surface area (Å²) in [5.74, 6) is 5.66. The zero-order valence-electron chi connectivity index (χ0n) is 14.0. The molecular formula is C20H21NO3. The molecule has 0 heterocycles. The van der Waals surface area contributed by atoms with Crippen LogP contribution >= 0.6 is 0 Å². The molecule has 0 fully saturated rings. The van der Waals surface area contributed by atoms with E-state index in [1.807, 2.05) is 13.0 Å². The van der Waals surface area contributed by atoms with Gasteiger partial charge in [0.05, 0.1) is 17.9 Å². The van der Waals surface area contributed by atoms with Crippen molar-refractivity contribution in [2.24, 2.45) is 5.16 Å². The number of nitrogens with zero attached hydrogens (tertiary/aromatic N) is 1. The van der Waals surface area contributed by atoms with E-state index in [9.17, 15) is 4.79 Å². The molecule has 0 aliphatic heterocycles. The van der Waals surface area contributed by atoms with Gasteiger partial charge in [-0.15, -0.1) is 0 Å². The van der Waals surface area contributed by atoms with Gasteiger partial charge in [0.1, 0.15) is 0 Å². The number of hydrogen-bond donors (Lipinski definition) is 1. The number of allylic oxidation sites excluding steroid dienone is 4. The summed E-state index contributed by atoms with van der Waals surface area (Å²) >= 11 is 0. The number of hydrogen-bond acceptors (Lipinski definition) is 4. The molecule has 1 aromatic carbocycles. The fourth-order valence-electron chi connectivity index (χ4n) is 2.53. The second-order valence-corrected chi connectivity index (χ2v) is 5.49. The van der Waals surface area contributed by atoms with E-state index in [1.165, 1.54) is 5.57 Å². The molecule has 0 saturated heterocycles. The maximum Gasteiger partial charge on any atom is 0.338 e. The van der Waals surface area contributed by atoms with Crippen LogP contribution in [0.4, 0.5) is 0 Å². The van der Waals surface area contributed by atoms with E-state index in [4.69, 9.17) is 9.94 Å². The van der Waals surface area contributed by atoms with Gasteiger partial charge in [-0.25, -0.2) is 4.79 Å². The van der Waals surface area contributed by atoms with Gasteiger partial charge in [0.25, 0.3) is 0 Å². The Labute approximate surface area is 142 Å². The number of benzene rings is 1. The van der Waals surface area contributed by atoms with Crippen molar-refractivity contribution >= 4 is 11.7 Å². The van der Waals surface area contributed by atoms with Crippen LogP contribution in [0.3, 0.4) is 0 Å². The van der Waals surface area contributed by atoms with Crippen molar-refractivity contribution in [2.45, 2.75) is 33.1 Å². The predicted octanol–water partition coefficient (Wildman–Crippen LogP) is 4.10. The molecule has 2 rings (SSSR count). The van der Waals surface area contributed by atoms with Crippen LogP contribution in [0.1, 0.15) is 49.0 Å². The molecule has 124 valence electrons. The van der Waals surface area contributed by atoms with E-state index in [0.29, 0.717) is 12.2 Å². The normalized spacial score (nSPS) is 16.2. The molecule has 1 N–H and O–H groups in total. The molecule has 4 nitrogen and oxygen atoms in total. The first-order valence-electron chi connectivity index (χ1n) is 8.02. The number of rotatable bonds is 3. The third-order valence-corrected chi connectivity index (χ3v) is 3.80. The molecular weight excluding hydrogens is 302 g/mol. The van der Waals surface area contributed by atoms with Crippen LogP contribution < -0.4 is 0 Å². The second-order valence-electron chi connectivity index (χ2n) is 5.49. The van der Waals surface area contributed by atoms with Gasteiger partial charge < -0.3 is 9.94 Å². The van der Waals surface area contributed by atoms with Crippen LogP contribution in [0.5, 0.6) is 0 Å². The summed E-state index contributed by atoms with van der Waals surface area (Å²) in [6, 6.07) is 6.99. The largest absolute Gasteiger partial charge is 0.462 e. The Kier molecular flexibility index (Phi) is 6.39. The number of esters is 1. The third kappa shape index (κ3) is 4.60. The van der Waals surface area contributed by atoms with Crippen LogP contribution in [0, 0.1) is 11.8 Å². The van der Waals surface area contributed by atoms with Gasteiger partial charge in [-0.2, -0.15) is 0 Å². The zero-order valence-corrected chi connectivity index (χ0v) is 14.0. The van der Waals surface area contributed by atoms with Crippen molar-refractivity contribution in [3.63, 3.8) is 0 Å². The predicted molar refractivity (Wildman–Crippen MR) is 94.2 cm³/mol. The maximum atomic E-state index is 11.6. The molecule has 0 aromatic heterocycles. The van der Waals surface area contributed by atoms with E-state index in [2.05, 4.69) is 17.0 Å². The molecule has 0 bridgehead atoms. The van der Waals surface area contributed by atoms with Gasteiger partial charge in [-0.1, -0.05) is 22.6 Å². The molecule has 0 amide bonds. The standard InChI is InChI=1S/C20H21NO3/c1-3-24-20(22)17-13-11-16(12-14-17)8-4-5-9-18-15(2)7-6-10-19(18)21-23/h5,9,11-14,23H,3,6-7,10H2,1-2H3/b9-5+,21-19+. The Morgan fingerprint density at radius 1 is 1.33 bits per heavy atom. The SMILES string of the molecule is CCOC(=O)c1ccc(C#C/C=C/C2=C(C)CCC/C2=N\O)cc1. The Morgan fingerprint density at radius 3 is 2.75 bits per heavy atom. The number of carbonyl (C=O) groups is 1. The van der Waals surface area contributed by atoms with Crippen LogP contribution in [0.15, 0.2) is 52.7 Å². The summed E-state index contributed by atoms with van der Waals surface area (Å²) in [6.07, 6.45) is 6.47. The fraction of sp³-hybridized carbons (Fsp3) is 0.300. The summed E-state index contributed by atoms with van der Waals surface area (Å²) in [7, 11) is 0. The molecule has 0 saturated carbocycles. The molecule has 0 spiro atoms. The number of carbonyl (C=O) groups excluding carboxylic acids is 1. The second kappa shape index (κ2) is 8.73. The van der Waals surface area contributed by atoms with Crippen LogP contribution in [-0.4, -0.2) is 23.5 Å². The summed E-state index contributed by atoms with van der Waals surface area (Å²) in [6.45, 7) is 4.19. The molecule has 0 radical (unpaired) electrons. The minimum Gasteiger partial charge on any atom is -0.462 e. The van der Waals surface area contributed by atoms with Crippen molar-refractivity contribution in [3.8, 4) is 11.8 Å². The monoisotopic (exact) mass is 323 g/mol. The van der Waals surface area contributed by atoms with Gasteiger partial charge in [0.15, 0.2) is 0 Å². The van der Waals surface area contributed by atoms with Crippen molar-refractivity contribution in [2.75, 3.05) is 6.61 Å². The first-order valence-corrected chi connectivity index (χ1v) is 8.02. The summed E-state index contributed by atoms with van der Waals surface area (Å²) < 4.78 is 4.94. The van der Waals surface area contributed by atoms with E-state index >= 15 is 0 Å². The van der Waals surface area contributed by atoms with Crippen molar-refractivity contribution in [1.29, 1.82) is 0 Å². The quantitative estimate of drug-likeness (QED) is 0.394. The smallest absolute Gasteiger partial charge is 0.338 e. The third-order valence-electron chi connectivity index (χ3n) is 3.80. The van der Waals surface area contributed by atoms with Gasteiger partial charge >= 0.3 is 5.97 Å². The highest BCUT2D eigenvalue weighted by Crippen LogP contribution is 2.23. The average Bonchev–Trinajstić information content (AvgIpc) is 2.60. The Hall–Kier alpha value is -2.80. The van der Waals surface area contributed by atoms with Gasteiger partial charge in [-0.3, -0.25) is 0 Å². The fourth-order valence-corrected chi connectivity index (χ4v) is 2.53. The van der Waals surface area contributed by atoms with Gasteiger partial charge in [0, 0.05) is 5.56 Å². The first kappa shape index (κ1) is 17.6. The lowest BCUT2D eigenvalue weighted by Crippen LogP contribution is -2.09. The van der Waals surface area contributed by atoms with Crippen LogP contribution in [0.2, 0.25) is 0 Å². The molecule has 24 heavy (non-hydrogen) atoms. The van der Waals surface area contributed by atoms with E-state index < -0.39 is 0 Å². The van der Waals surface area contributed by atoms with Crippen molar-refractivity contribution < 1.29 is 14.7 Å². The Bertz CT molecular complexity index is 743. The molecule has 1 aliphatic rings. The lowest BCUT2D eigenvalue weighted by atomic mass is 9.91. The van der Waals surface area contributed by atoms with Gasteiger partial charge in [0.2, 0.25) is 0 Å².